The second-order valence-corrected chi connectivity index (χ2v) is 2.25. The maximum Gasteiger partial charge on any atom is 0.303 e. The first-order valence-corrected chi connectivity index (χ1v) is 3.46. The fourth-order valence-electron chi connectivity index (χ4n) is 0.808. The molecule has 0 aliphatic heterocycles. The van der Waals surface area contributed by atoms with Gasteiger partial charge in [0.15, 0.2) is 0 Å². The Kier molecular flexibility index (Phi) is 4.94. The van der Waals surface area contributed by atoms with Crippen molar-refractivity contribution in [1.82, 2.24) is 0 Å². The first kappa shape index (κ1) is 9.78. The van der Waals surface area contributed by atoms with E-state index in [1.807, 2.05) is 6.92 Å². The van der Waals surface area contributed by atoms with Crippen molar-refractivity contribution in [2.24, 2.45) is 5.11 Å². The second-order valence-electron chi connectivity index (χ2n) is 2.25. The Hall–Kier alpha value is -1.22. The number of rotatable bonds is 5. The monoisotopic (exact) mass is 157 g/mol. The van der Waals surface area contributed by atoms with Gasteiger partial charge in [0.1, 0.15) is 0 Å². The summed E-state index contributed by atoms with van der Waals surface area (Å²) in [6.45, 7) is 1.92. The van der Waals surface area contributed by atoms with Gasteiger partial charge in [0, 0.05) is 11.0 Å². The van der Waals surface area contributed by atoms with Crippen molar-refractivity contribution in [3.05, 3.63) is 10.4 Å². The smallest absolute Gasteiger partial charge is 0.303 e. The highest BCUT2D eigenvalue weighted by molar-refractivity contribution is 5.67. The fraction of sp³-hybridized carbons (Fsp3) is 0.833. The molecule has 0 aromatic rings. The molecular weight excluding hydrogens is 146 g/mol. The summed E-state index contributed by atoms with van der Waals surface area (Å²) in [6, 6.07) is -0.387. The van der Waals surface area contributed by atoms with E-state index in [4.69, 9.17) is 10.6 Å². The topological polar surface area (TPSA) is 86.1 Å². The average molecular weight is 157 g/mol. The van der Waals surface area contributed by atoms with Crippen LogP contribution in [0.15, 0.2) is 5.11 Å². The summed E-state index contributed by atoms with van der Waals surface area (Å²) >= 11 is 0. The van der Waals surface area contributed by atoms with Gasteiger partial charge in [-0.25, -0.2) is 0 Å². The van der Waals surface area contributed by atoms with E-state index in [1.54, 1.807) is 0 Å². The summed E-state index contributed by atoms with van der Waals surface area (Å²) in [5.41, 5.74) is 8.04. The molecule has 0 saturated carbocycles. The van der Waals surface area contributed by atoms with Crippen LogP contribution in [-0.4, -0.2) is 17.1 Å². The summed E-state index contributed by atoms with van der Waals surface area (Å²) in [5.74, 6) is -0.921. The summed E-state index contributed by atoms with van der Waals surface area (Å²) in [7, 11) is 0. The molecule has 0 fully saturated rings. The molecular formula is C6H11N3O2. The van der Waals surface area contributed by atoms with E-state index in [0.29, 0.717) is 6.42 Å². The molecule has 0 radical (unpaired) electrons. The lowest BCUT2D eigenvalue weighted by Crippen LogP contribution is -2.09. The van der Waals surface area contributed by atoms with Crippen LogP contribution in [0.25, 0.3) is 10.4 Å². The molecule has 1 N–H and O–H groups in total. The molecule has 62 valence electrons. The van der Waals surface area contributed by atoms with Crippen LogP contribution in [0.3, 0.4) is 0 Å². The molecule has 0 aromatic heterocycles. The molecule has 5 nitrogen and oxygen atoms in total. The molecule has 0 aliphatic carbocycles. The molecule has 0 heterocycles. The zero-order valence-electron chi connectivity index (χ0n) is 6.40. The third-order valence-electron chi connectivity index (χ3n) is 1.25. The van der Waals surface area contributed by atoms with Crippen molar-refractivity contribution < 1.29 is 9.90 Å². The van der Waals surface area contributed by atoms with Crippen LogP contribution in [0, 0.1) is 0 Å². The Morgan fingerprint density at radius 3 is 2.82 bits per heavy atom. The van der Waals surface area contributed by atoms with Gasteiger partial charge >= 0.3 is 5.97 Å². The Balaban J connectivity index is 3.88. The lowest BCUT2D eigenvalue weighted by Gasteiger charge is -2.04. The number of azide groups is 1. The van der Waals surface area contributed by atoms with Gasteiger partial charge in [-0.1, -0.05) is 18.5 Å². The number of hydrogen-bond acceptors (Lipinski definition) is 2. The first-order chi connectivity index (χ1) is 5.20. The molecule has 5 heteroatoms. The molecule has 0 rings (SSSR count). The number of aliphatic carboxylic acids is 1. The van der Waals surface area contributed by atoms with Gasteiger partial charge in [0.2, 0.25) is 0 Å². The lowest BCUT2D eigenvalue weighted by atomic mass is 10.1. The molecule has 0 bridgehead atoms. The van der Waals surface area contributed by atoms with Gasteiger partial charge in [-0.15, -0.1) is 0 Å². The second kappa shape index (κ2) is 5.56. The Labute approximate surface area is 64.7 Å². The van der Waals surface area contributed by atoms with Gasteiger partial charge in [0.05, 0.1) is 6.42 Å². The Bertz CT molecular complexity index is 175. The quantitative estimate of drug-likeness (QED) is 0.375. The standard InChI is InChI=1S/C6H11N3O2/c1-2-3-5(8-9-7)4-6(10)11/h5H,2-4H2,1H3,(H,10,11)/t5-/m0/s1. The average Bonchev–Trinajstić information content (AvgIpc) is 1.87. The number of hydrogen-bond donors (Lipinski definition) is 1. The zero-order chi connectivity index (χ0) is 8.69. The summed E-state index contributed by atoms with van der Waals surface area (Å²) in [5, 5.41) is 11.7. The van der Waals surface area contributed by atoms with Crippen molar-refractivity contribution in [3.8, 4) is 0 Å². The summed E-state index contributed by atoms with van der Waals surface area (Å²) in [6.07, 6.45) is 1.39. The summed E-state index contributed by atoms with van der Waals surface area (Å²) in [4.78, 5) is 12.7. The zero-order valence-corrected chi connectivity index (χ0v) is 6.40. The number of carboxylic acid groups (broad SMARTS) is 1. The van der Waals surface area contributed by atoms with E-state index in [2.05, 4.69) is 10.0 Å². The van der Waals surface area contributed by atoms with Crippen molar-refractivity contribution in [2.75, 3.05) is 0 Å². The molecule has 0 aliphatic rings. The van der Waals surface area contributed by atoms with Crippen molar-refractivity contribution in [2.45, 2.75) is 32.2 Å². The summed E-state index contributed by atoms with van der Waals surface area (Å²) < 4.78 is 0. The van der Waals surface area contributed by atoms with Crippen LogP contribution in [0.4, 0.5) is 0 Å². The molecule has 11 heavy (non-hydrogen) atoms. The van der Waals surface area contributed by atoms with Gasteiger partial charge in [0.25, 0.3) is 0 Å². The van der Waals surface area contributed by atoms with Crippen LogP contribution in [0.2, 0.25) is 0 Å². The highest BCUT2D eigenvalue weighted by Crippen LogP contribution is 2.06. The first-order valence-electron chi connectivity index (χ1n) is 3.46. The van der Waals surface area contributed by atoms with E-state index >= 15 is 0 Å². The van der Waals surface area contributed by atoms with E-state index in [-0.39, 0.29) is 12.5 Å². The molecule has 0 aromatic carbocycles. The number of carbonyl (C=O) groups is 1. The largest absolute Gasteiger partial charge is 0.481 e. The minimum atomic E-state index is -0.921. The van der Waals surface area contributed by atoms with E-state index < -0.39 is 5.97 Å². The van der Waals surface area contributed by atoms with E-state index in [0.717, 1.165) is 6.42 Å². The minimum Gasteiger partial charge on any atom is -0.481 e. The third kappa shape index (κ3) is 5.24. The molecule has 0 unspecified atom stereocenters. The van der Waals surface area contributed by atoms with Crippen molar-refractivity contribution in [3.63, 3.8) is 0 Å². The van der Waals surface area contributed by atoms with Gasteiger partial charge in [-0.2, -0.15) is 0 Å². The van der Waals surface area contributed by atoms with Gasteiger partial charge in [-0.05, 0) is 12.0 Å². The van der Waals surface area contributed by atoms with Crippen molar-refractivity contribution in [1.29, 1.82) is 0 Å². The van der Waals surface area contributed by atoms with Crippen LogP contribution < -0.4 is 0 Å². The Morgan fingerprint density at radius 1 is 1.82 bits per heavy atom. The van der Waals surface area contributed by atoms with Crippen molar-refractivity contribution >= 4 is 5.97 Å². The molecule has 1 atom stereocenters. The SMILES string of the molecule is CCC[C@@H](CC(=O)O)N=[N+]=[N-]. The van der Waals surface area contributed by atoms with Gasteiger partial charge in [-0.3, -0.25) is 4.79 Å². The molecule has 0 amide bonds. The molecule has 0 saturated heterocycles. The van der Waals surface area contributed by atoms with Crippen LogP contribution >= 0.6 is 0 Å². The normalized spacial score (nSPS) is 11.7. The highest BCUT2D eigenvalue weighted by Gasteiger charge is 2.09. The predicted molar refractivity (Wildman–Crippen MR) is 40.1 cm³/mol. The highest BCUT2D eigenvalue weighted by atomic mass is 16.4. The predicted octanol–water partition coefficient (Wildman–Crippen LogP) is 1.94. The lowest BCUT2D eigenvalue weighted by molar-refractivity contribution is -0.137. The number of carboxylic acids is 1. The van der Waals surface area contributed by atoms with E-state index in [1.165, 1.54) is 0 Å². The Morgan fingerprint density at radius 2 is 2.45 bits per heavy atom. The van der Waals surface area contributed by atoms with Crippen LogP contribution in [-0.2, 0) is 4.79 Å². The maximum atomic E-state index is 10.2. The number of nitrogens with zero attached hydrogens (tertiary/aromatic N) is 3. The van der Waals surface area contributed by atoms with Crippen LogP contribution in [0.5, 0.6) is 0 Å². The van der Waals surface area contributed by atoms with Gasteiger partial charge < -0.3 is 5.11 Å². The van der Waals surface area contributed by atoms with E-state index in [9.17, 15) is 4.79 Å². The maximum absolute atomic E-state index is 10.2. The third-order valence-corrected chi connectivity index (χ3v) is 1.25. The minimum absolute atomic E-state index is 0.0715. The fourth-order valence-corrected chi connectivity index (χ4v) is 0.808. The van der Waals surface area contributed by atoms with Crippen LogP contribution in [0.1, 0.15) is 26.2 Å². The molecule has 0 spiro atoms.